The molecule has 7 unspecified atom stereocenters. The SMILES string of the molecule is C=C1C2C(O)CC3=C(C(=O)C(O)C4(CC4C)C3=O)C2(C)CCC1(C)OC(C)=O. The summed E-state index contributed by atoms with van der Waals surface area (Å²) < 4.78 is 5.53. The van der Waals surface area contributed by atoms with Crippen LogP contribution in [0.15, 0.2) is 23.3 Å². The lowest BCUT2D eigenvalue weighted by atomic mass is 9.50. The molecule has 6 nitrogen and oxygen atoms in total. The van der Waals surface area contributed by atoms with E-state index >= 15 is 0 Å². The number of esters is 1. The average Bonchev–Trinajstić information content (AvgIpc) is 3.27. The van der Waals surface area contributed by atoms with E-state index in [1.807, 2.05) is 13.8 Å². The summed E-state index contributed by atoms with van der Waals surface area (Å²) in [6, 6.07) is 0. The van der Waals surface area contributed by atoms with Crippen LogP contribution in [0.25, 0.3) is 0 Å². The van der Waals surface area contributed by atoms with Gasteiger partial charge in [0, 0.05) is 35.8 Å². The van der Waals surface area contributed by atoms with Gasteiger partial charge in [0.2, 0.25) is 0 Å². The van der Waals surface area contributed by atoms with E-state index in [1.165, 1.54) is 6.92 Å². The Labute approximate surface area is 164 Å². The summed E-state index contributed by atoms with van der Waals surface area (Å²) in [5.41, 5.74) is -1.45. The van der Waals surface area contributed by atoms with Crippen molar-refractivity contribution in [2.75, 3.05) is 0 Å². The van der Waals surface area contributed by atoms with E-state index in [0.717, 1.165) is 0 Å². The van der Waals surface area contributed by atoms with E-state index in [9.17, 15) is 24.6 Å². The second kappa shape index (κ2) is 5.63. The minimum atomic E-state index is -1.32. The molecule has 0 aromatic carbocycles. The Kier molecular flexibility index (Phi) is 3.93. The van der Waals surface area contributed by atoms with Crippen LogP contribution < -0.4 is 0 Å². The van der Waals surface area contributed by atoms with E-state index in [1.54, 1.807) is 6.92 Å². The maximum Gasteiger partial charge on any atom is 0.303 e. The van der Waals surface area contributed by atoms with Crippen LogP contribution in [0.1, 0.15) is 53.4 Å². The zero-order valence-corrected chi connectivity index (χ0v) is 16.9. The topological polar surface area (TPSA) is 101 Å². The minimum absolute atomic E-state index is 0.0377. The number of ketones is 2. The third-order valence-electron chi connectivity index (χ3n) is 7.95. The molecule has 2 N–H and O–H groups in total. The summed E-state index contributed by atoms with van der Waals surface area (Å²) >= 11 is 0. The van der Waals surface area contributed by atoms with Gasteiger partial charge < -0.3 is 14.9 Å². The van der Waals surface area contributed by atoms with Crippen molar-refractivity contribution in [2.45, 2.75) is 71.2 Å². The number of Topliss-reactive ketones (excluding diaryl/α,β-unsaturated/α-hetero) is 2. The van der Waals surface area contributed by atoms with Crippen molar-refractivity contribution in [2.24, 2.45) is 22.7 Å². The van der Waals surface area contributed by atoms with Crippen LogP contribution in [0.2, 0.25) is 0 Å². The number of hydrogen-bond acceptors (Lipinski definition) is 6. The molecule has 4 aliphatic carbocycles. The van der Waals surface area contributed by atoms with E-state index in [4.69, 9.17) is 4.74 Å². The maximum absolute atomic E-state index is 13.3. The van der Waals surface area contributed by atoms with Gasteiger partial charge >= 0.3 is 5.97 Å². The van der Waals surface area contributed by atoms with Crippen molar-refractivity contribution in [1.82, 2.24) is 0 Å². The summed E-state index contributed by atoms with van der Waals surface area (Å²) in [5.74, 6) is -1.56. The molecule has 0 aliphatic heterocycles. The highest BCUT2D eigenvalue weighted by atomic mass is 16.6. The van der Waals surface area contributed by atoms with Crippen molar-refractivity contribution in [3.63, 3.8) is 0 Å². The van der Waals surface area contributed by atoms with Crippen LogP contribution in [0.3, 0.4) is 0 Å². The van der Waals surface area contributed by atoms with Crippen LogP contribution in [-0.2, 0) is 19.1 Å². The van der Waals surface area contributed by atoms with Crippen LogP contribution >= 0.6 is 0 Å². The van der Waals surface area contributed by atoms with Crippen molar-refractivity contribution >= 4 is 17.5 Å². The predicted molar refractivity (Wildman–Crippen MR) is 100 cm³/mol. The first-order valence-corrected chi connectivity index (χ1v) is 9.98. The van der Waals surface area contributed by atoms with Crippen LogP contribution in [-0.4, -0.2) is 45.6 Å². The summed E-state index contributed by atoms with van der Waals surface area (Å²) in [7, 11) is 0. The maximum atomic E-state index is 13.3. The van der Waals surface area contributed by atoms with E-state index in [-0.39, 0.29) is 23.9 Å². The molecule has 0 heterocycles. The lowest BCUT2D eigenvalue weighted by Gasteiger charge is -2.56. The molecule has 0 saturated heterocycles. The van der Waals surface area contributed by atoms with Gasteiger partial charge in [-0.2, -0.15) is 0 Å². The molecule has 28 heavy (non-hydrogen) atoms. The molecule has 0 bridgehead atoms. The lowest BCUT2D eigenvalue weighted by Crippen LogP contribution is -2.58. The predicted octanol–water partition coefficient (Wildman–Crippen LogP) is 1.88. The highest BCUT2D eigenvalue weighted by Gasteiger charge is 2.70. The molecule has 1 spiro atoms. The van der Waals surface area contributed by atoms with Gasteiger partial charge in [0.05, 0.1) is 11.5 Å². The van der Waals surface area contributed by atoms with E-state index in [2.05, 4.69) is 6.58 Å². The smallest absolute Gasteiger partial charge is 0.303 e. The molecule has 0 aromatic heterocycles. The number of carbonyl (C=O) groups excluding carboxylic acids is 3. The van der Waals surface area contributed by atoms with E-state index < -0.39 is 40.5 Å². The number of fused-ring (bicyclic) bond motifs is 2. The molecule has 0 amide bonds. The summed E-state index contributed by atoms with van der Waals surface area (Å²) in [6.07, 6.45) is -0.772. The highest BCUT2D eigenvalue weighted by molar-refractivity contribution is 6.19. The van der Waals surface area contributed by atoms with Crippen LogP contribution in [0.4, 0.5) is 0 Å². The van der Waals surface area contributed by atoms with Crippen LogP contribution in [0.5, 0.6) is 0 Å². The third kappa shape index (κ3) is 2.19. The molecule has 0 aromatic rings. The second-order valence-corrected chi connectivity index (χ2v) is 9.61. The molecule has 0 radical (unpaired) electrons. The van der Waals surface area contributed by atoms with Crippen molar-refractivity contribution in [1.29, 1.82) is 0 Å². The molecular formula is C22H28O6. The standard InChI is InChI=1S/C22H28O6/c1-10-9-22(10)18(26)13-8-14(24)15-11(2)21(5,28-12(3)23)7-6-20(15,4)16(13)17(25)19(22)27/h10,14-15,19,24,27H,2,6-9H2,1,3-5H3. The van der Waals surface area contributed by atoms with Crippen molar-refractivity contribution in [3.8, 4) is 0 Å². The van der Waals surface area contributed by atoms with Gasteiger partial charge in [0.25, 0.3) is 0 Å². The summed E-state index contributed by atoms with van der Waals surface area (Å²) in [4.78, 5) is 38.1. The first-order valence-electron chi connectivity index (χ1n) is 9.98. The van der Waals surface area contributed by atoms with Crippen LogP contribution in [0, 0.1) is 22.7 Å². The first-order chi connectivity index (χ1) is 12.9. The van der Waals surface area contributed by atoms with Crippen molar-refractivity contribution < 1.29 is 29.3 Å². The Hall–Kier alpha value is -1.79. The Morgan fingerprint density at radius 1 is 1.21 bits per heavy atom. The lowest BCUT2D eigenvalue weighted by molar-refractivity contribution is -0.158. The zero-order valence-electron chi connectivity index (χ0n) is 16.9. The van der Waals surface area contributed by atoms with Gasteiger partial charge in [-0.1, -0.05) is 20.4 Å². The second-order valence-electron chi connectivity index (χ2n) is 9.61. The Bertz CT molecular complexity index is 855. The Balaban J connectivity index is 1.82. The fourth-order valence-electron chi connectivity index (χ4n) is 6.23. The fraction of sp³-hybridized carbons (Fsp3) is 0.682. The summed E-state index contributed by atoms with van der Waals surface area (Å²) in [5, 5.41) is 21.8. The molecule has 2 saturated carbocycles. The molecule has 152 valence electrons. The summed E-state index contributed by atoms with van der Waals surface area (Å²) in [6.45, 7) is 11.0. The number of hydrogen-bond donors (Lipinski definition) is 2. The third-order valence-corrected chi connectivity index (χ3v) is 7.95. The number of aliphatic hydroxyl groups excluding tert-OH is 2. The normalized spacial score (nSPS) is 47.7. The first kappa shape index (κ1) is 19.5. The van der Waals surface area contributed by atoms with Gasteiger partial charge in [-0.15, -0.1) is 0 Å². The van der Waals surface area contributed by atoms with Gasteiger partial charge in [0.15, 0.2) is 11.6 Å². The molecule has 2 fully saturated rings. The molecule has 4 rings (SSSR count). The van der Waals surface area contributed by atoms with Gasteiger partial charge in [0.1, 0.15) is 11.7 Å². The molecule has 7 atom stereocenters. The Morgan fingerprint density at radius 2 is 1.82 bits per heavy atom. The number of ether oxygens (including phenoxy) is 1. The average molecular weight is 388 g/mol. The quantitative estimate of drug-likeness (QED) is 0.525. The Morgan fingerprint density at radius 3 is 2.36 bits per heavy atom. The number of carbonyl (C=O) groups is 3. The van der Waals surface area contributed by atoms with Gasteiger partial charge in [-0.25, -0.2) is 0 Å². The number of rotatable bonds is 1. The van der Waals surface area contributed by atoms with E-state index in [0.29, 0.717) is 36.0 Å². The molecular weight excluding hydrogens is 360 g/mol. The highest BCUT2D eigenvalue weighted by Crippen LogP contribution is 2.65. The minimum Gasteiger partial charge on any atom is -0.455 e. The number of aliphatic hydroxyl groups is 2. The van der Waals surface area contributed by atoms with Crippen molar-refractivity contribution in [3.05, 3.63) is 23.3 Å². The van der Waals surface area contributed by atoms with Gasteiger partial charge in [-0.05, 0) is 37.7 Å². The monoisotopic (exact) mass is 388 g/mol. The zero-order chi connectivity index (χ0) is 20.8. The molecule has 4 aliphatic rings. The largest absolute Gasteiger partial charge is 0.455 e. The fourth-order valence-corrected chi connectivity index (χ4v) is 6.23. The van der Waals surface area contributed by atoms with Gasteiger partial charge in [-0.3, -0.25) is 14.4 Å². The molecule has 6 heteroatoms.